The van der Waals surface area contributed by atoms with Crippen LogP contribution in [-0.2, 0) is 0 Å². The van der Waals surface area contributed by atoms with Crippen LogP contribution in [0.4, 0.5) is 5.69 Å². The first-order valence-electron chi connectivity index (χ1n) is 6.61. The average Bonchev–Trinajstić information content (AvgIpc) is 2.55. The van der Waals surface area contributed by atoms with Gasteiger partial charge in [0.25, 0.3) is 5.91 Å². The fourth-order valence-electron chi connectivity index (χ4n) is 2.20. The molecule has 3 aromatic rings. The van der Waals surface area contributed by atoms with E-state index in [-0.39, 0.29) is 16.9 Å². The van der Waals surface area contributed by atoms with Gasteiger partial charge in [-0.1, -0.05) is 12.1 Å². The smallest absolute Gasteiger partial charge is 0.265 e. The van der Waals surface area contributed by atoms with Crippen molar-refractivity contribution in [1.82, 2.24) is 9.97 Å². The molecular formula is C16H13N3O3. The summed E-state index contributed by atoms with van der Waals surface area (Å²) in [7, 11) is 1.41. The maximum atomic E-state index is 12.6. The molecule has 110 valence electrons. The number of amides is 1. The summed E-state index contributed by atoms with van der Waals surface area (Å²) < 4.78 is 5.16. The van der Waals surface area contributed by atoms with E-state index in [2.05, 4.69) is 15.3 Å². The van der Waals surface area contributed by atoms with Gasteiger partial charge in [0.1, 0.15) is 5.56 Å². The molecule has 2 aromatic heterocycles. The number of pyridine rings is 2. The van der Waals surface area contributed by atoms with Gasteiger partial charge in [-0.15, -0.1) is 0 Å². The minimum absolute atomic E-state index is 0.0574. The Morgan fingerprint density at radius 3 is 2.64 bits per heavy atom. The molecule has 1 amide bonds. The molecular weight excluding hydrogens is 282 g/mol. The Bertz CT molecular complexity index is 888. The summed E-state index contributed by atoms with van der Waals surface area (Å²) in [5.74, 6) is -0.398. The average molecular weight is 295 g/mol. The fourth-order valence-corrected chi connectivity index (χ4v) is 2.20. The van der Waals surface area contributed by atoms with Crippen molar-refractivity contribution < 1.29 is 9.53 Å². The van der Waals surface area contributed by atoms with Crippen molar-refractivity contribution in [2.75, 3.05) is 12.4 Å². The number of para-hydroxylation sites is 1. The van der Waals surface area contributed by atoms with Gasteiger partial charge in [0.05, 0.1) is 12.6 Å². The quantitative estimate of drug-likeness (QED) is 0.775. The third kappa shape index (κ3) is 2.42. The van der Waals surface area contributed by atoms with E-state index in [4.69, 9.17) is 4.74 Å². The summed E-state index contributed by atoms with van der Waals surface area (Å²) in [4.78, 5) is 31.8. The number of carbonyl (C=O) groups is 1. The molecule has 6 heteroatoms. The highest BCUT2D eigenvalue weighted by molar-refractivity contribution is 6.07. The van der Waals surface area contributed by atoms with Crippen molar-refractivity contribution in [3.05, 3.63) is 64.6 Å². The summed E-state index contributed by atoms with van der Waals surface area (Å²) in [5.41, 5.74) is 0.732. The van der Waals surface area contributed by atoms with Crippen LogP contribution >= 0.6 is 0 Å². The van der Waals surface area contributed by atoms with E-state index in [1.807, 2.05) is 0 Å². The van der Waals surface area contributed by atoms with E-state index >= 15 is 0 Å². The first-order valence-corrected chi connectivity index (χ1v) is 6.61. The summed E-state index contributed by atoms with van der Waals surface area (Å²) in [5, 5.41) is 3.09. The number of fused-ring (bicyclic) bond motifs is 1. The Hall–Kier alpha value is -3.15. The van der Waals surface area contributed by atoms with E-state index in [9.17, 15) is 9.59 Å². The second-order valence-electron chi connectivity index (χ2n) is 4.60. The highest BCUT2D eigenvalue weighted by atomic mass is 16.5. The maximum absolute atomic E-state index is 12.6. The van der Waals surface area contributed by atoms with Crippen LogP contribution in [-0.4, -0.2) is 23.0 Å². The number of aromatic amines is 1. The normalized spacial score (nSPS) is 10.4. The van der Waals surface area contributed by atoms with E-state index in [0.29, 0.717) is 16.6 Å². The number of aromatic nitrogens is 2. The van der Waals surface area contributed by atoms with E-state index < -0.39 is 5.91 Å². The Morgan fingerprint density at radius 1 is 1.18 bits per heavy atom. The van der Waals surface area contributed by atoms with Crippen molar-refractivity contribution in [1.29, 1.82) is 0 Å². The van der Waals surface area contributed by atoms with Crippen LogP contribution in [0.5, 0.6) is 5.88 Å². The SMILES string of the molecule is COc1[nH]c2ccccc2c(=O)c1C(=O)Nc1ccncc1. The molecule has 22 heavy (non-hydrogen) atoms. The van der Waals surface area contributed by atoms with Gasteiger partial charge in [-0.2, -0.15) is 0 Å². The number of ether oxygens (including phenoxy) is 1. The Balaban J connectivity index is 2.11. The molecule has 2 heterocycles. The number of nitrogens with one attached hydrogen (secondary N) is 2. The molecule has 3 rings (SSSR count). The molecule has 0 fully saturated rings. The molecule has 2 N–H and O–H groups in total. The van der Waals surface area contributed by atoms with Gasteiger partial charge in [-0.3, -0.25) is 14.6 Å². The minimum Gasteiger partial charge on any atom is -0.482 e. The fraction of sp³-hybridized carbons (Fsp3) is 0.0625. The first kappa shape index (κ1) is 13.8. The highest BCUT2D eigenvalue weighted by Crippen LogP contribution is 2.18. The molecule has 0 aliphatic carbocycles. The molecule has 0 bridgehead atoms. The Morgan fingerprint density at radius 2 is 1.91 bits per heavy atom. The highest BCUT2D eigenvalue weighted by Gasteiger charge is 2.19. The standard InChI is InChI=1S/C16H13N3O3/c1-22-16-13(15(21)18-10-6-8-17-9-7-10)14(20)11-4-2-3-5-12(11)19-16/h2-9H,1H3,(H,19,20)(H,17,18,21). The van der Waals surface area contributed by atoms with Gasteiger partial charge in [-0.25, -0.2) is 0 Å². The first-order chi connectivity index (χ1) is 10.7. The third-order valence-corrected chi connectivity index (χ3v) is 3.24. The second-order valence-corrected chi connectivity index (χ2v) is 4.60. The van der Waals surface area contributed by atoms with Crippen LogP contribution in [0.15, 0.2) is 53.6 Å². The third-order valence-electron chi connectivity index (χ3n) is 3.24. The minimum atomic E-state index is -0.532. The van der Waals surface area contributed by atoms with Gasteiger partial charge in [0.2, 0.25) is 11.3 Å². The van der Waals surface area contributed by atoms with Crippen molar-refractivity contribution >= 4 is 22.5 Å². The molecule has 0 atom stereocenters. The molecule has 0 saturated carbocycles. The predicted octanol–water partition coefficient (Wildman–Crippen LogP) is 2.18. The second kappa shape index (κ2) is 5.69. The van der Waals surface area contributed by atoms with Crippen molar-refractivity contribution in [3.63, 3.8) is 0 Å². The topological polar surface area (TPSA) is 84.1 Å². The molecule has 0 aliphatic heterocycles. The zero-order valence-corrected chi connectivity index (χ0v) is 11.8. The summed E-state index contributed by atoms with van der Waals surface area (Å²) in [6.45, 7) is 0. The van der Waals surface area contributed by atoms with E-state index in [1.165, 1.54) is 7.11 Å². The maximum Gasteiger partial charge on any atom is 0.265 e. The van der Waals surface area contributed by atoms with Crippen LogP contribution in [0.1, 0.15) is 10.4 Å². The van der Waals surface area contributed by atoms with Gasteiger partial charge in [-0.05, 0) is 24.3 Å². The van der Waals surface area contributed by atoms with E-state index in [0.717, 1.165) is 0 Å². The largest absolute Gasteiger partial charge is 0.482 e. The molecule has 0 radical (unpaired) electrons. The lowest BCUT2D eigenvalue weighted by atomic mass is 10.1. The number of H-pyrrole nitrogens is 1. The zero-order chi connectivity index (χ0) is 15.5. The number of carbonyl (C=O) groups excluding carboxylic acids is 1. The number of benzene rings is 1. The number of nitrogens with zero attached hydrogens (tertiary/aromatic N) is 1. The van der Waals surface area contributed by atoms with Crippen LogP contribution in [0.2, 0.25) is 0 Å². The molecule has 1 aromatic carbocycles. The van der Waals surface area contributed by atoms with Crippen LogP contribution < -0.4 is 15.5 Å². The predicted molar refractivity (Wildman–Crippen MR) is 83.3 cm³/mol. The lowest BCUT2D eigenvalue weighted by Crippen LogP contribution is -2.23. The van der Waals surface area contributed by atoms with Crippen molar-refractivity contribution in [3.8, 4) is 5.88 Å². The van der Waals surface area contributed by atoms with Gasteiger partial charge < -0.3 is 15.0 Å². The number of hydrogen-bond acceptors (Lipinski definition) is 4. The number of methoxy groups -OCH3 is 1. The lowest BCUT2D eigenvalue weighted by Gasteiger charge is -2.10. The summed E-state index contributed by atoms with van der Waals surface area (Å²) >= 11 is 0. The monoisotopic (exact) mass is 295 g/mol. The zero-order valence-electron chi connectivity index (χ0n) is 11.8. The van der Waals surface area contributed by atoms with Gasteiger partial charge in [0.15, 0.2) is 0 Å². The molecule has 0 saturated heterocycles. The summed E-state index contributed by atoms with van der Waals surface area (Å²) in [6.07, 6.45) is 3.11. The number of anilines is 1. The van der Waals surface area contributed by atoms with Gasteiger partial charge in [0, 0.05) is 23.5 Å². The van der Waals surface area contributed by atoms with Crippen LogP contribution in [0.3, 0.4) is 0 Å². The molecule has 0 spiro atoms. The molecule has 0 aliphatic rings. The van der Waals surface area contributed by atoms with Crippen molar-refractivity contribution in [2.45, 2.75) is 0 Å². The number of hydrogen-bond donors (Lipinski definition) is 2. The Kier molecular flexibility index (Phi) is 3.57. The van der Waals surface area contributed by atoms with Crippen molar-refractivity contribution in [2.24, 2.45) is 0 Å². The number of rotatable bonds is 3. The Labute approximate surface area is 125 Å². The molecule has 6 nitrogen and oxygen atoms in total. The summed E-state index contributed by atoms with van der Waals surface area (Å²) in [6, 6.07) is 10.2. The lowest BCUT2D eigenvalue weighted by molar-refractivity contribution is 0.102. The molecule has 0 unspecified atom stereocenters. The van der Waals surface area contributed by atoms with Crippen LogP contribution in [0, 0.1) is 0 Å². The van der Waals surface area contributed by atoms with E-state index in [1.54, 1.807) is 48.8 Å². The van der Waals surface area contributed by atoms with Crippen LogP contribution in [0.25, 0.3) is 10.9 Å². The van der Waals surface area contributed by atoms with Gasteiger partial charge >= 0.3 is 0 Å².